The van der Waals surface area contributed by atoms with Crippen LogP contribution in [0.5, 0.6) is 0 Å². The summed E-state index contributed by atoms with van der Waals surface area (Å²) in [5.74, 6) is -0.428. The zero-order chi connectivity index (χ0) is 23.2. The molecule has 0 saturated carbocycles. The molecule has 1 saturated heterocycles. The van der Waals surface area contributed by atoms with Gasteiger partial charge < -0.3 is 15.4 Å². The zero-order valence-electron chi connectivity index (χ0n) is 18.7. The van der Waals surface area contributed by atoms with Crippen molar-refractivity contribution in [2.75, 3.05) is 39.3 Å². The first-order valence-electron chi connectivity index (χ1n) is 11.2. The Labute approximate surface area is 199 Å². The van der Waals surface area contributed by atoms with Crippen molar-refractivity contribution < 1.29 is 14.3 Å². The van der Waals surface area contributed by atoms with Gasteiger partial charge in [-0.25, -0.2) is 9.59 Å². The fourth-order valence-corrected chi connectivity index (χ4v) is 4.39. The number of hydrogen-bond donors (Lipinski definition) is 2. The highest BCUT2D eigenvalue weighted by molar-refractivity contribution is 6.30. The first-order chi connectivity index (χ1) is 16.0. The molecule has 0 radical (unpaired) electrons. The van der Waals surface area contributed by atoms with Gasteiger partial charge in [0.2, 0.25) is 0 Å². The maximum Gasteiger partial charge on any atom is 0.338 e. The SMILES string of the molecule is CCOC(=O)C1=C(CN2CCN(Cc3ccccc3)CC2)NC(=O)NC1c1ccc(Cl)cc1. The molecule has 7 nitrogen and oxygen atoms in total. The molecule has 174 valence electrons. The lowest BCUT2D eigenvalue weighted by Crippen LogP contribution is -2.51. The van der Waals surface area contributed by atoms with Crippen molar-refractivity contribution in [1.29, 1.82) is 0 Å². The summed E-state index contributed by atoms with van der Waals surface area (Å²) >= 11 is 6.03. The van der Waals surface area contributed by atoms with Gasteiger partial charge in [0.25, 0.3) is 0 Å². The van der Waals surface area contributed by atoms with E-state index < -0.39 is 12.0 Å². The molecule has 4 rings (SSSR count). The predicted molar refractivity (Wildman–Crippen MR) is 128 cm³/mol. The summed E-state index contributed by atoms with van der Waals surface area (Å²) in [6.07, 6.45) is 0. The molecule has 0 aliphatic carbocycles. The molecule has 2 N–H and O–H groups in total. The van der Waals surface area contributed by atoms with Crippen LogP contribution in [0.25, 0.3) is 0 Å². The Morgan fingerprint density at radius 2 is 1.64 bits per heavy atom. The van der Waals surface area contributed by atoms with E-state index in [0.717, 1.165) is 38.3 Å². The number of amides is 2. The third kappa shape index (κ3) is 5.93. The van der Waals surface area contributed by atoms with Gasteiger partial charge in [0, 0.05) is 50.0 Å². The molecule has 2 aliphatic heterocycles. The number of piperazine rings is 1. The molecule has 2 aromatic rings. The number of nitrogens with zero attached hydrogens (tertiary/aromatic N) is 2. The number of benzene rings is 2. The number of ether oxygens (including phenoxy) is 1. The molecule has 8 heteroatoms. The second kappa shape index (κ2) is 10.8. The third-order valence-electron chi connectivity index (χ3n) is 5.95. The van der Waals surface area contributed by atoms with Gasteiger partial charge in [-0.1, -0.05) is 54.1 Å². The predicted octanol–water partition coefficient (Wildman–Crippen LogP) is 3.33. The smallest absolute Gasteiger partial charge is 0.338 e. The maximum absolute atomic E-state index is 12.9. The minimum atomic E-state index is -0.593. The van der Waals surface area contributed by atoms with E-state index in [-0.39, 0.29) is 12.6 Å². The van der Waals surface area contributed by atoms with Crippen LogP contribution in [0.1, 0.15) is 24.1 Å². The van der Waals surface area contributed by atoms with Crippen LogP contribution >= 0.6 is 11.6 Å². The van der Waals surface area contributed by atoms with Crippen molar-refractivity contribution in [3.05, 3.63) is 82.0 Å². The summed E-state index contributed by atoms with van der Waals surface area (Å²) in [6.45, 7) is 6.97. The van der Waals surface area contributed by atoms with E-state index in [1.165, 1.54) is 5.56 Å². The number of carbonyl (C=O) groups is 2. The van der Waals surface area contributed by atoms with E-state index >= 15 is 0 Å². The van der Waals surface area contributed by atoms with Gasteiger partial charge >= 0.3 is 12.0 Å². The van der Waals surface area contributed by atoms with Crippen LogP contribution in [0.2, 0.25) is 5.02 Å². The molecule has 0 aromatic heterocycles. The minimum absolute atomic E-state index is 0.259. The Morgan fingerprint density at radius 1 is 1.00 bits per heavy atom. The molecule has 2 heterocycles. The third-order valence-corrected chi connectivity index (χ3v) is 6.20. The molecule has 1 fully saturated rings. The Morgan fingerprint density at radius 3 is 2.27 bits per heavy atom. The highest BCUT2D eigenvalue weighted by atomic mass is 35.5. The van der Waals surface area contributed by atoms with Crippen LogP contribution in [0.3, 0.4) is 0 Å². The van der Waals surface area contributed by atoms with Crippen molar-refractivity contribution in [3.63, 3.8) is 0 Å². The normalized spacial score (nSPS) is 19.7. The number of halogens is 1. The Hall–Kier alpha value is -2.87. The molecule has 0 bridgehead atoms. The second-order valence-corrected chi connectivity index (χ2v) is 8.67. The van der Waals surface area contributed by atoms with Crippen LogP contribution in [0.4, 0.5) is 4.79 Å². The highest BCUT2D eigenvalue weighted by Crippen LogP contribution is 2.29. The lowest BCUT2D eigenvalue weighted by Gasteiger charge is -2.37. The second-order valence-electron chi connectivity index (χ2n) is 8.23. The summed E-state index contributed by atoms with van der Waals surface area (Å²) in [5.41, 5.74) is 3.11. The fraction of sp³-hybridized carbons (Fsp3) is 0.360. The Bertz CT molecular complexity index is 1000. The maximum atomic E-state index is 12.9. The largest absolute Gasteiger partial charge is 0.463 e. The summed E-state index contributed by atoms with van der Waals surface area (Å²) in [6, 6.07) is 16.6. The number of hydrogen-bond acceptors (Lipinski definition) is 5. The molecule has 1 unspecified atom stereocenters. The molecular weight excluding hydrogens is 440 g/mol. The standard InChI is InChI=1S/C25H29ClN4O3/c1-2-33-24(31)22-21(27-25(32)28-23(22)19-8-10-20(26)11-9-19)17-30-14-12-29(13-15-30)16-18-6-4-3-5-7-18/h3-11,23H,2,12-17H2,1H3,(H2,27,28,32). The lowest BCUT2D eigenvalue weighted by atomic mass is 9.95. The van der Waals surface area contributed by atoms with Crippen molar-refractivity contribution in [3.8, 4) is 0 Å². The lowest BCUT2D eigenvalue weighted by molar-refractivity contribution is -0.139. The number of esters is 1. The van der Waals surface area contributed by atoms with Crippen LogP contribution in [0, 0.1) is 0 Å². The molecule has 0 spiro atoms. The average molecular weight is 469 g/mol. The topological polar surface area (TPSA) is 73.9 Å². The summed E-state index contributed by atoms with van der Waals surface area (Å²) in [5, 5.41) is 6.32. The first kappa shape index (κ1) is 23.3. The van der Waals surface area contributed by atoms with Gasteiger partial charge in [0.15, 0.2) is 0 Å². The Balaban J connectivity index is 1.50. The molecule has 1 atom stereocenters. The van der Waals surface area contributed by atoms with Crippen LogP contribution in [0.15, 0.2) is 65.9 Å². The summed E-state index contributed by atoms with van der Waals surface area (Å²) < 4.78 is 5.35. The van der Waals surface area contributed by atoms with Crippen molar-refractivity contribution in [1.82, 2.24) is 20.4 Å². The molecular formula is C25H29ClN4O3. The van der Waals surface area contributed by atoms with Gasteiger partial charge in [-0.15, -0.1) is 0 Å². The van der Waals surface area contributed by atoms with E-state index in [9.17, 15) is 9.59 Å². The molecule has 2 aromatic carbocycles. The number of nitrogens with one attached hydrogen (secondary N) is 2. The highest BCUT2D eigenvalue weighted by Gasteiger charge is 2.34. The quantitative estimate of drug-likeness (QED) is 0.610. The molecule has 2 aliphatic rings. The van der Waals surface area contributed by atoms with E-state index in [4.69, 9.17) is 16.3 Å². The van der Waals surface area contributed by atoms with Crippen molar-refractivity contribution >= 4 is 23.6 Å². The minimum Gasteiger partial charge on any atom is -0.463 e. The van der Waals surface area contributed by atoms with Crippen molar-refractivity contribution in [2.24, 2.45) is 0 Å². The van der Waals surface area contributed by atoms with Crippen LogP contribution < -0.4 is 10.6 Å². The average Bonchev–Trinajstić information content (AvgIpc) is 2.81. The van der Waals surface area contributed by atoms with Crippen molar-refractivity contribution in [2.45, 2.75) is 19.5 Å². The fourth-order valence-electron chi connectivity index (χ4n) is 4.27. The molecule has 2 amide bonds. The van der Waals surface area contributed by atoms with Crippen LogP contribution in [-0.4, -0.2) is 61.1 Å². The van der Waals surface area contributed by atoms with E-state index in [0.29, 0.717) is 22.8 Å². The molecule has 33 heavy (non-hydrogen) atoms. The number of carbonyl (C=O) groups excluding carboxylic acids is 2. The van der Waals surface area contributed by atoms with Gasteiger partial charge in [-0.05, 0) is 30.2 Å². The van der Waals surface area contributed by atoms with Gasteiger partial charge in [0.1, 0.15) is 0 Å². The first-order valence-corrected chi connectivity index (χ1v) is 11.6. The van der Waals surface area contributed by atoms with Gasteiger partial charge in [0.05, 0.1) is 18.2 Å². The zero-order valence-corrected chi connectivity index (χ0v) is 19.5. The number of rotatable bonds is 7. The Kier molecular flexibility index (Phi) is 7.65. The van der Waals surface area contributed by atoms with Gasteiger partial charge in [-0.3, -0.25) is 9.80 Å². The summed E-state index contributed by atoms with van der Waals surface area (Å²) in [7, 11) is 0. The van der Waals surface area contributed by atoms with Gasteiger partial charge in [-0.2, -0.15) is 0 Å². The van der Waals surface area contributed by atoms with E-state index in [1.807, 2.05) is 18.2 Å². The number of urea groups is 1. The summed E-state index contributed by atoms with van der Waals surface area (Å²) in [4.78, 5) is 30.1. The van der Waals surface area contributed by atoms with Crippen LogP contribution in [-0.2, 0) is 16.1 Å². The monoisotopic (exact) mass is 468 g/mol. The van der Waals surface area contributed by atoms with E-state index in [1.54, 1.807) is 19.1 Å². The van der Waals surface area contributed by atoms with E-state index in [2.05, 4.69) is 44.7 Å².